The van der Waals surface area contributed by atoms with Gasteiger partial charge < -0.3 is 9.47 Å². The van der Waals surface area contributed by atoms with Gasteiger partial charge in [0.05, 0.1) is 0 Å². The molecule has 24 heavy (non-hydrogen) atoms. The summed E-state index contributed by atoms with van der Waals surface area (Å²) in [4.78, 5) is 13.5. The van der Waals surface area contributed by atoms with Gasteiger partial charge in [-0.1, -0.05) is 15.9 Å². The number of rotatable bonds is 3. The van der Waals surface area contributed by atoms with Gasteiger partial charge >= 0.3 is 0 Å². The second-order valence-corrected chi connectivity index (χ2v) is 6.82. The van der Waals surface area contributed by atoms with Gasteiger partial charge in [-0.3, -0.25) is 4.79 Å². The van der Waals surface area contributed by atoms with Crippen LogP contribution in [0.15, 0.2) is 34.3 Å². The third-order valence-electron chi connectivity index (χ3n) is 3.93. The number of benzene rings is 1. The lowest BCUT2D eigenvalue weighted by molar-refractivity contribution is -0.124. The molecule has 124 valence electrons. The van der Waals surface area contributed by atoms with Gasteiger partial charge in [-0.2, -0.15) is 5.26 Å². The Morgan fingerprint density at radius 2 is 1.92 bits per heavy atom. The molecule has 0 aliphatic rings. The Morgan fingerprint density at radius 3 is 2.46 bits per heavy atom. The number of hydrogen-bond donors (Lipinski definition) is 0. The molecule has 0 unspecified atom stereocenters. The Hall–Kier alpha value is -2.32. The van der Waals surface area contributed by atoms with Gasteiger partial charge in [0.2, 0.25) is 0 Å². The molecule has 0 spiro atoms. The zero-order valence-electron chi connectivity index (χ0n) is 14.5. The van der Waals surface area contributed by atoms with Gasteiger partial charge in [0.1, 0.15) is 11.6 Å². The summed E-state index contributed by atoms with van der Waals surface area (Å²) in [6.45, 7) is 6.05. The minimum absolute atomic E-state index is 0.132. The summed E-state index contributed by atoms with van der Waals surface area (Å²) in [5.41, 5.74) is 5.26. The maximum absolute atomic E-state index is 12.1. The zero-order chi connectivity index (χ0) is 18.0. The first-order valence-electron chi connectivity index (χ1n) is 7.55. The first-order chi connectivity index (χ1) is 11.3. The molecular formula is C19H20BrN3O. The number of carbonyl (C=O) groups is 1. The van der Waals surface area contributed by atoms with Gasteiger partial charge in [-0.15, -0.1) is 0 Å². The number of amides is 1. The molecule has 1 aromatic heterocycles. The van der Waals surface area contributed by atoms with Gasteiger partial charge in [0, 0.05) is 35.6 Å². The average molecular weight is 386 g/mol. The number of aromatic nitrogens is 1. The summed E-state index contributed by atoms with van der Waals surface area (Å²) in [5.74, 6) is -0.290. The third-order valence-corrected chi connectivity index (χ3v) is 4.82. The lowest BCUT2D eigenvalue weighted by Crippen LogP contribution is -2.22. The predicted molar refractivity (Wildman–Crippen MR) is 100.0 cm³/mol. The van der Waals surface area contributed by atoms with E-state index in [1.54, 1.807) is 20.2 Å². The fraction of sp³-hybridized carbons (Fsp3) is 0.263. The van der Waals surface area contributed by atoms with E-state index in [4.69, 9.17) is 0 Å². The fourth-order valence-electron chi connectivity index (χ4n) is 2.64. The molecule has 0 saturated carbocycles. The lowest BCUT2D eigenvalue weighted by Gasteiger charge is -2.11. The molecule has 5 heteroatoms. The van der Waals surface area contributed by atoms with Crippen LogP contribution in [0.4, 0.5) is 0 Å². The molecule has 1 aromatic carbocycles. The molecule has 0 bridgehead atoms. The van der Waals surface area contributed by atoms with E-state index in [2.05, 4.69) is 26.6 Å². The number of halogens is 1. The second kappa shape index (κ2) is 7.06. The third kappa shape index (κ3) is 3.44. The highest BCUT2D eigenvalue weighted by Gasteiger charge is 2.15. The molecule has 1 heterocycles. The number of nitrogens with zero attached hydrogens (tertiary/aromatic N) is 3. The van der Waals surface area contributed by atoms with Gasteiger partial charge in [0.15, 0.2) is 0 Å². The van der Waals surface area contributed by atoms with Crippen molar-refractivity contribution in [1.29, 1.82) is 5.26 Å². The van der Waals surface area contributed by atoms with Crippen molar-refractivity contribution in [3.8, 4) is 11.8 Å². The predicted octanol–water partition coefficient (Wildman–Crippen LogP) is 4.16. The summed E-state index contributed by atoms with van der Waals surface area (Å²) in [5, 5.41) is 9.28. The number of aryl methyl sites for hydroxylation is 2. The Balaban J connectivity index is 2.55. The lowest BCUT2D eigenvalue weighted by atomic mass is 10.1. The topological polar surface area (TPSA) is 49.0 Å². The van der Waals surface area contributed by atoms with Crippen molar-refractivity contribution >= 4 is 27.9 Å². The summed E-state index contributed by atoms with van der Waals surface area (Å²) in [6, 6.07) is 10.2. The van der Waals surface area contributed by atoms with Crippen LogP contribution >= 0.6 is 15.9 Å². The molecule has 4 nitrogen and oxygen atoms in total. The smallest absolute Gasteiger partial charge is 0.264 e. The van der Waals surface area contributed by atoms with E-state index < -0.39 is 0 Å². The Kier molecular flexibility index (Phi) is 5.30. The van der Waals surface area contributed by atoms with Crippen LogP contribution in [0.2, 0.25) is 0 Å². The monoisotopic (exact) mass is 385 g/mol. The molecule has 0 fully saturated rings. The van der Waals surface area contributed by atoms with E-state index in [-0.39, 0.29) is 11.5 Å². The average Bonchev–Trinajstić information content (AvgIpc) is 2.81. The van der Waals surface area contributed by atoms with Crippen molar-refractivity contribution in [1.82, 2.24) is 9.47 Å². The highest BCUT2D eigenvalue weighted by molar-refractivity contribution is 9.10. The van der Waals surface area contributed by atoms with Crippen molar-refractivity contribution in [3.63, 3.8) is 0 Å². The van der Waals surface area contributed by atoms with Crippen molar-refractivity contribution in [2.45, 2.75) is 20.8 Å². The molecule has 1 amide bonds. The quantitative estimate of drug-likeness (QED) is 0.588. The van der Waals surface area contributed by atoms with Crippen molar-refractivity contribution in [2.24, 2.45) is 0 Å². The Bertz CT molecular complexity index is 869. The standard InChI is InChI=1S/C19H20BrN3O/c1-12-8-17(6-7-18(12)20)23-13(2)9-15(14(23)3)10-16(11-21)19(24)22(4)5/h6-10H,1-5H3/b16-10+. The summed E-state index contributed by atoms with van der Waals surface area (Å²) in [6.07, 6.45) is 1.66. The van der Waals surface area contributed by atoms with Crippen molar-refractivity contribution in [2.75, 3.05) is 14.1 Å². The summed E-state index contributed by atoms with van der Waals surface area (Å²) >= 11 is 3.52. The van der Waals surface area contributed by atoms with Crippen LogP contribution in [0.3, 0.4) is 0 Å². The van der Waals surface area contributed by atoms with Gasteiger partial charge in [-0.05, 0) is 62.2 Å². The molecule has 0 aliphatic carbocycles. The molecular weight excluding hydrogens is 366 g/mol. The zero-order valence-corrected chi connectivity index (χ0v) is 16.1. The maximum Gasteiger partial charge on any atom is 0.264 e. The first-order valence-corrected chi connectivity index (χ1v) is 8.34. The molecule has 0 radical (unpaired) electrons. The van der Waals surface area contributed by atoms with Crippen LogP contribution in [0, 0.1) is 32.1 Å². The first kappa shape index (κ1) is 18.0. The number of carbonyl (C=O) groups excluding carboxylic acids is 1. The summed E-state index contributed by atoms with van der Waals surface area (Å²) in [7, 11) is 3.28. The molecule has 0 aliphatic heterocycles. The van der Waals surface area contributed by atoms with Crippen LogP contribution in [0.25, 0.3) is 11.8 Å². The van der Waals surface area contributed by atoms with Crippen LogP contribution in [-0.2, 0) is 4.79 Å². The van der Waals surface area contributed by atoms with E-state index >= 15 is 0 Å². The number of nitriles is 1. The number of hydrogen-bond acceptors (Lipinski definition) is 2. The van der Waals surface area contributed by atoms with E-state index in [9.17, 15) is 10.1 Å². The van der Waals surface area contributed by atoms with Crippen LogP contribution in [0.5, 0.6) is 0 Å². The van der Waals surface area contributed by atoms with E-state index in [0.717, 1.165) is 32.7 Å². The molecule has 0 atom stereocenters. The van der Waals surface area contributed by atoms with Crippen LogP contribution in [-0.4, -0.2) is 29.5 Å². The molecule has 0 N–H and O–H groups in total. The fourth-order valence-corrected chi connectivity index (χ4v) is 2.88. The minimum Gasteiger partial charge on any atom is -0.344 e. The van der Waals surface area contributed by atoms with E-state index in [0.29, 0.717) is 0 Å². The highest BCUT2D eigenvalue weighted by atomic mass is 79.9. The summed E-state index contributed by atoms with van der Waals surface area (Å²) < 4.78 is 3.19. The van der Waals surface area contributed by atoms with Crippen LogP contribution < -0.4 is 0 Å². The molecule has 2 aromatic rings. The number of likely N-dealkylation sites (N-methyl/N-ethyl adjacent to an activating group) is 1. The SMILES string of the molecule is Cc1cc(-n2c(C)cc(/C=C(\C#N)C(=O)N(C)C)c2C)ccc1Br. The highest BCUT2D eigenvalue weighted by Crippen LogP contribution is 2.26. The van der Waals surface area contributed by atoms with Crippen LogP contribution in [0.1, 0.15) is 22.5 Å². The Labute approximate surface area is 151 Å². The molecule has 2 rings (SSSR count). The van der Waals surface area contributed by atoms with Gasteiger partial charge in [-0.25, -0.2) is 0 Å². The van der Waals surface area contributed by atoms with Crippen molar-refractivity contribution in [3.05, 3.63) is 56.8 Å². The normalized spacial score (nSPS) is 11.3. The largest absolute Gasteiger partial charge is 0.344 e. The molecule has 0 saturated heterocycles. The van der Waals surface area contributed by atoms with E-state index in [1.165, 1.54) is 4.90 Å². The minimum atomic E-state index is -0.290. The van der Waals surface area contributed by atoms with E-state index in [1.807, 2.05) is 45.0 Å². The second-order valence-electron chi connectivity index (χ2n) is 5.96. The van der Waals surface area contributed by atoms with Crippen molar-refractivity contribution < 1.29 is 4.79 Å². The van der Waals surface area contributed by atoms with Gasteiger partial charge in [0.25, 0.3) is 5.91 Å². The maximum atomic E-state index is 12.1. The Morgan fingerprint density at radius 1 is 1.25 bits per heavy atom.